The topological polar surface area (TPSA) is 53.2 Å². The van der Waals surface area contributed by atoms with E-state index < -0.39 is 0 Å². The first kappa shape index (κ1) is 9.15. The van der Waals surface area contributed by atoms with Crippen LogP contribution in [0.25, 0.3) is 5.65 Å². The van der Waals surface area contributed by atoms with Crippen LogP contribution in [0, 0.1) is 0 Å². The van der Waals surface area contributed by atoms with Gasteiger partial charge in [0.25, 0.3) is 0 Å². The van der Waals surface area contributed by atoms with Crippen LogP contribution in [0.4, 0.5) is 0 Å². The Kier molecular flexibility index (Phi) is 3.03. The van der Waals surface area contributed by atoms with Gasteiger partial charge in [-0.3, -0.25) is 0 Å². The van der Waals surface area contributed by atoms with Crippen LogP contribution < -0.4 is 56.5 Å². The third kappa shape index (κ3) is 1.80. The van der Waals surface area contributed by atoms with E-state index in [1.165, 1.54) is 16.9 Å². The summed E-state index contributed by atoms with van der Waals surface area (Å²) in [7, 11) is 0. The molecule has 11 heavy (non-hydrogen) atoms. The van der Waals surface area contributed by atoms with E-state index in [0.717, 1.165) is 0 Å². The molecule has 0 aliphatic rings. The zero-order valence-electron chi connectivity index (χ0n) is 6.06. The minimum atomic E-state index is -0.129. The van der Waals surface area contributed by atoms with Gasteiger partial charge in [-0.05, 0) is 0 Å². The van der Waals surface area contributed by atoms with Gasteiger partial charge in [-0.15, -0.1) is 0 Å². The summed E-state index contributed by atoms with van der Waals surface area (Å²) in [6.45, 7) is 0. The molecule has 0 amide bonds. The summed E-state index contributed by atoms with van der Waals surface area (Å²) in [5, 5.41) is 14.5. The molecule has 0 aliphatic heterocycles. The van der Waals surface area contributed by atoms with E-state index in [4.69, 9.17) is 0 Å². The van der Waals surface area contributed by atoms with Crippen molar-refractivity contribution in [2.24, 2.45) is 0 Å². The molecular weight excluding hydrogens is 169 g/mol. The molecule has 4 nitrogen and oxygen atoms in total. The zero-order valence-corrected chi connectivity index (χ0v) is 9.18. The maximum absolute atomic E-state index is 10.7. The standard InChI is InChI=1S/C6H5N3O.K/c10-5-3-7-6-1-2-8-9(6)4-5;/h1-4,10H;/q;+1/p-1. The SMILES string of the molecule is [K+].[O-]c1cnc2ccnn2c1. The Balaban J connectivity index is 0.000000605. The number of aromatic nitrogens is 3. The predicted octanol–water partition coefficient (Wildman–Crippen LogP) is -3.19. The first-order chi connectivity index (χ1) is 4.86. The van der Waals surface area contributed by atoms with E-state index in [1.54, 1.807) is 12.3 Å². The van der Waals surface area contributed by atoms with Gasteiger partial charge in [-0.1, -0.05) is 5.75 Å². The van der Waals surface area contributed by atoms with Crippen LogP contribution in [0.5, 0.6) is 5.75 Å². The Bertz CT molecular complexity index is 359. The zero-order chi connectivity index (χ0) is 6.97. The first-order valence-corrected chi connectivity index (χ1v) is 2.83. The summed E-state index contributed by atoms with van der Waals surface area (Å²) in [5.74, 6) is -0.129. The Labute approximate surface area is 106 Å². The molecule has 0 spiro atoms. The molecule has 0 aliphatic carbocycles. The average molecular weight is 173 g/mol. The molecule has 0 atom stereocenters. The molecule has 50 valence electrons. The molecule has 0 bridgehead atoms. The Morgan fingerprint density at radius 1 is 1.45 bits per heavy atom. The van der Waals surface area contributed by atoms with Crippen LogP contribution in [-0.4, -0.2) is 14.6 Å². The molecule has 0 saturated carbocycles. The van der Waals surface area contributed by atoms with Crippen LogP contribution in [0.2, 0.25) is 0 Å². The molecule has 0 fully saturated rings. The van der Waals surface area contributed by atoms with E-state index in [2.05, 4.69) is 10.1 Å². The van der Waals surface area contributed by atoms with E-state index in [9.17, 15) is 5.11 Å². The fourth-order valence-electron chi connectivity index (χ4n) is 0.793. The quantitative estimate of drug-likeness (QED) is 0.394. The van der Waals surface area contributed by atoms with Crippen LogP contribution in [0.15, 0.2) is 24.7 Å². The first-order valence-electron chi connectivity index (χ1n) is 2.83. The second kappa shape index (κ2) is 3.64. The van der Waals surface area contributed by atoms with E-state index in [1.807, 2.05) is 0 Å². The molecule has 0 unspecified atom stereocenters. The minimum Gasteiger partial charge on any atom is -0.870 e. The van der Waals surface area contributed by atoms with Crippen LogP contribution in [-0.2, 0) is 0 Å². The summed E-state index contributed by atoms with van der Waals surface area (Å²) in [5.41, 5.74) is 0.694. The van der Waals surface area contributed by atoms with Crippen molar-refractivity contribution in [2.75, 3.05) is 0 Å². The third-order valence-corrected chi connectivity index (χ3v) is 1.22. The van der Waals surface area contributed by atoms with Gasteiger partial charge in [0, 0.05) is 18.5 Å². The largest absolute Gasteiger partial charge is 1.00 e. The Hall–Kier alpha value is 0.0564. The maximum atomic E-state index is 10.7. The number of fused-ring (bicyclic) bond motifs is 1. The fraction of sp³-hybridized carbons (Fsp3) is 0. The van der Waals surface area contributed by atoms with Gasteiger partial charge >= 0.3 is 51.4 Å². The van der Waals surface area contributed by atoms with E-state index in [-0.39, 0.29) is 57.1 Å². The molecule has 0 N–H and O–H groups in total. The fourth-order valence-corrected chi connectivity index (χ4v) is 0.793. The van der Waals surface area contributed by atoms with Gasteiger partial charge in [0.2, 0.25) is 0 Å². The maximum Gasteiger partial charge on any atom is 1.00 e. The summed E-state index contributed by atoms with van der Waals surface area (Å²) in [4.78, 5) is 3.83. The molecule has 0 aromatic carbocycles. The normalized spacial score (nSPS) is 9.45. The second-order valence-electron chi connectivity index (χ2n) is 1.92. The van der Waals surface area contributed by atoms with Gasteiger partial charge < -0.3 is 5.11 Å². The monoisotopic (exact) mass is 173 g/mol. The number of nitrogens with zero attached hydrogens (tertiary/aromatic N) is 3. The van der Waals surface area contributed by atoms with Gasteiger partial charge in [-0.2, -0.15) is 5.10 Å². The van der Waals surface area contributed by atoms with Gasteiger partial charge in [0.05, 0.1) is 6.20 Å². The van der Waals surface area contributed by atoms with E-state index in [0.29, 0.717) is 5.65 Å². The molecule has 2 aromatic heterocycles. The predicted molar refractivity (Wildman–Crippen MR) is 32.4 cm³/mol. The number of rotatable bonds is 0. The Morgan fingerprint density at radius 3 is 3.09 bits per heavy atom. The van der Waals surface area contributed by atoms with Gasteiger partial charge in [-0.25, -0.2) is 9.50 Å². The van der Waals surface area contributed by atoms with Crippen LogP contribution in [0.3, 0.4) is 0 Å². The van der Waals surface area contributed by atoms with Crippen molar-refractivity contribution < 1.29 is 56.5 Å². The molecule has 2 rings (SSSR count). The van der Waals surface area contributed by atoms with Crippen molar-refractivity contribution in [1.29, 1.82) is 0 Å². The smallest absolute Gasteiger partial charge is 0.870 e. The van der Waals surface area contributed by atoms with Crippen molar-refractivity contribution >= 4 is 5.65 Å². The summed E-state index contributed by atoms with van der Waals surface area (Å²) < 4.78 is 1.45. The van der Waals surface area contributed by atoms with Crippen LogP contribution in [0.1, 0.15) is 0 Å². The van der Waals surface area contributed by atoms with Crippen molar-refractivity contribution in [3.63, 3.8) is 0 Å². The number of hydrogen-bond donors (Lipinski definition) is 0. The van der Waals surface area contributed by atoms with Crippen molar-refractivity contribution in [1.82, 2.24) is 14.6 Å². The van der Waals surface area contributed by atoms with Crippen molar-refractivity contribution in [3.05, 3.63) is 24.7 Å². The molecule has 5 heteroatoms. The Morgan fingerprint density at radius 2 is 2.27 bits per heavy atom. The summed E-state index contributed by atoms with van der Waals surface area (Å²) in [6, 6.07) is 1.74. The molecule has 0 saturated heterocycles. The van der Waals surface area contributed by atoms with Crippen molar-refractivity contribution in [2.45, 2.75) is 0 Å². The molecule has 2 heterocycles. The summed E-state index contributed by atoms with van der Waals surface area (Å²) >= 11 is 0. The number of hydrogen-bond acceptors (Lipinski definition) is 3. The minimum absolute atomic E-state index is 0. The molecule has 0 radical (unpaired) electrons. The average Bonchev–Trinajstić information content (AvgIpc) is 2.33. The van der Waals surface area contributed by atoms with E-state index >= 15 is 0 Å². The van der Waals surface area contributed by atoms with Gasteiger partial charge in [0.15, 0.2) is 5.65 Å². The van der Waals surface area contributed by atoms with Crippen molar-refractivity contribution in [3.8, 4) is 5.75 Å². The summed E-state index contributed by atoms with van der Waals surface area (Å²) in [6.07, 6.45) is 4.27. The molecular formula is C6H4KN3O. The van der Waals surface area contributed by atoms with Crippen LogP contribution >= 0.6 is 0 Å². The molecule has 2 aromatic rings. The second-order valence-corrected chi connectivity index (χ2v) is 1.92. The third-order valence-electron chi connectivity index (χ3n) is 1.22. The van der Waals surface area contributed by atoms with Gasteiger partial charge in [0.1, 0.15) is 0 Å².